The Labute approximate surface area is 122 Å². The van der Waals surface area contributed by atoms with E-state index < -0.39 is 0 Å². The molecule has 2 aromatic rings. The number of benzene rings is 1. The maximum absolute atomic E-state index is 11.2. The highest BCUT2D eigenvalue weighted by atomic mass is 32.1. The highest BCUT2D eigenvalue weighted by Gasteiger charge is 2.10. The van der Waals surface area contributed by atoms with Crippen LogP contribution >= 0.6 is 12.2 Å². The molecule has 0 unspecified atom stereocenters. The molecule has 0 spiro atoms. The van der Waals surface area contributed by atoms with Crippen LogP contribution in [-0.2, 0) is 0 Å². The average molecular weight is 287 g/mol. The maximum Gasteiger partial charge on any atom is 0.251 e. The fourth-order valence-electron chi connectivity index (χ4n) is 2.60. The van der Waals surface area contributed by atoms with Gasteiger partial charge in [-0.25, -0.2) is 0 Å². The molecular formula is C15H17N3OS. The van der Waals surface area contributed by atoms with E-state index in [1.165, 1.54) is 31.0 Å². The molecule has 5 heteroatoms. The quantitative estimate of drug-likeness (QED) is 0.864. The number of aromatic amines is 1. The SMILES string of the molecule is O=c1ccn(-c2ccc(N3CCCCC3)cc2)c(=S)[nH]1. The van der Waals surface area contributed by atoms with E-state index in [4.69, 9.17) is 12.2 Å². The zero-order valence-corrected chi connectivity index (χ0v) is 12.0. The second-order valence-electron chi connectivity index (χ2n) is 5.04. The van der Waals surface area contributed by atoms with Crippen LogP contribution in [0, 0.1) is 4.77 Å². The zero-order chi connectivity index (χ0) is 13.9. The number of H-pyrrole nitrogens is 1. The molecule has 20 heavy (non-hydrogen) atoms. The third kappa shape index (κ3) is 2.67. The fraction of sp³-hybridized carbons (Fsp3) is 0.333. The van der Waals surface area contributed by atoms with Crippen LogP contribution in [0.2, 0.25) is 0 Å². The van der Waals surface area contributed by atoms with Crippen LogP contribution in [0.4, 0.5) is 5.69 Å². The summed E-state index contributed by atoms with van der Waals surface area (Å²) in [5.74, 6) is 0. The molecule has 0 saturated carbocycles. The average Bonchev–Trinajstić information content (AvgIpc) is 2.48. The molecule has 0 amide bonds. The molecule has 1 aliphatic heterocycles. The molecule has 1 N–H and O–H groups in total. The Morgan fingerprint density at radius 2 is 1.60 bits per heavy atom. The van der Waals surface area contributed by atoms with Gasteiger partial charge in [-0.3, -0.25) is 14.3 Å². The lowest BCUT2D eigenvalue weighted by Crippen LogP contribution is -2.29. The number of aromatic nitrogens is 2. The van der Waals surface area contributed by atoms with Gasteiger partial charge in [0.15, 0.2) is 4.77 Å². The molecule has 1 aromatic heterocycles. The van der Waals surface area contributed by atoms with Gasteiger partial charge in [0.05, 0.1) is 0 Å². The highest BCUT2D eigenvalue weighted by Crippen LogP contribution is 2.21. The molecule has 1 aliphatic rings. The summed E-state index contributed by atoms with van der Waals surface area (Å²) in [6.07, 6.45) is 5.58. The summed E-state index contributed by atoms with van der Waals surface area (Å²) in [5, 5.41) is 0. The fourth-order valence-corrected chi connectivity index (χ4v) is 2.86. The van der Waals surface area contributed by atoms with Crippen LogP contribution in [0.5, 0.6) is 0 Å². The van der Waals surface area contributed by atoms with Crippen molar-refractivity contribution in [2.75, 3.05) is 18.0 Å². The van der Waals surface area contributed by atoms with Crippen molar-refractivity contribution in [2.24, 2.45) is 0 Å². The van der Waals surface area contributed by atoms with Gasteiger partial charge in [-0.05, 0) is 55.7 Å². The Morgan fingerprint density at radius 3 is 2.25 bits per heavy atom. The van der Waals surface area contributed by atoms with E-state index in [-0.39, 0.29) is 5.56 Å². The second-order valence-corrected chi connectivity index (χ2v) is 5.43. The van der Waals surface area contributed by atoms with E-state index in [0.29, 0.717) is 4.77 Å². The van der Waals surface area contributed by atoms with Gasteiger partial charge >= 0.3 is 0 Å². The van der Waals surface area contributed by atoms with Gasteiger partial charge in [-0.15, -0.1) is 0 Å². The summed E-state index contributed by atoms with van der Waals surface area (Å²) in [6, 6.07) is 9.80. The van der Waals surface area contributed by atoms with Crippen molar-refractivity contribution in [3.8, 4) is 5.69 Å². The van der Waals surface area contributed by atoms with Crippen molar-refractivity contribution in [3.05, 3.63) is 51.7 Å². The first kappa shape index (κ1) is 13.1. The molecule has 1 aromatic carbocycles. The Morgan fingerprint density at radius 1 is 0.950 bits per heavy atom. The predicted octanol–water partition coefficient (Wildman–Crippen LogP) is 2.89. The monoisotopic (exact) mass is 287 g/mol. The maximum atomic E-state index is 11.2. The number of hydrogen-bond donors (Lipinski definition) is 1. The van der Waals surface area contributed by atoms with Gasteiger partial charge in [0.25, 0.3) is 5.56 Å². The van der Waals surface area contributed by atoms with E-state index in [1.54, 1.807) is 10.8 Å². The van der Waals surface area contributed by atoms with Crippen LogP contribution in [0.3, 0.4) is 0 Å². The topological polar surface area (TPSA) is 41.0 Å². The van der Waals surface area contributed by atoms with Crippen molar-refractivity contribution in [2.45, 2.75) is 19.3 Å². The molecule has 1 fully saturated rings. The van der Waals surface area contributed by atoms with Gasteiger partial charge in [0.1, 0.15) is 0 Å². The largest absolute Gasteiger partial charge is 0.372 e. The molecule has 0 radical (unpaired) electrons. The minimum atomic E-state index is -0.170. The van der Waals surface area contributed by atoms with Crippen LogP contribution in [0.15, 0.2) is 41.3 Å². The lowest BCUT2D eigenvalue weighted by molar-refractivity contribution is 0.578. The molecule has 1 saturated heterocycles. The van der Waals surface area contributed by atoms with Crippen molar-refractivity contribution in [3.63, 3.8) is 0 Å². The molecule has 3 rings (SSSR count). The minimum Gasteiger partial charge on any atom is -0.372 e. The summed E-state index contributed by atoms with van der Waals surface area (Å²) >= 11 is 5.18. The summed E-state index contributed by atoms with van der Waals surface area (Å²) in [7, 11) is 0. The summed E-state index contributed by atoms with van der Waals surface area (Å²) in [6.45, 7) is 2.27. The van der Waals surface area contributed by atoms with Crippen molar-refractivity contribution >= 4 is 17.9 Å². The molecule has 0 aliphatic carbocycles. The zero-order valence-electron chi connectivity index (χ0n) is 11.2. The summed E-state index contributed by atoms with van der Waals surface area (Å²) in [4.78, 5) is 16.2. The third-order valence-corrected chi connectivity index (χ3v) is 3.97. The van der Waals surface area contributed by atoms with E-state index in [0.717, 1.165) is 18.8 Å². The van der Waals surface area contributed by atoms with Gasteiger partial charge < -0.3 is 4.90 Å². The standard InChI is InChI=1S/C15H17N3OS/c19-14-8-11-18(15(20)16-14)13-6-4-12(5-7-13)17-9-2-1-3-10-17/h4-8,11H,1-3,9-10H2,(H,16,19,20). The van der Waals surface area contributed by atoms with Gasteiger partial charge in [0, 0.05) is 36.7 Å². The minimum absolute atomic E-state index is 0.170. The number of anilines is 1. The van der Waals surface area contributed by atoms with Gasteiger partial charge in [0.2, 0.25) is 0 Å². The smallest absolute Gasteiger partial charge is 0.251 e. The van der Waals surface area contributed by atoms with E-state index in [9.17, 15) is 4.79 Å². The number of nitrogens with one attached hydrogen (secondary N) is 1. The van der Waals surface area contributed by atoms with E-state index in [1.807, 2.05) is 12.1 Å². The number of hydrogen-bond acceptors (Lipinski definition) is 3. The Kier molecular flexibility index (Phi) is 3.69. The molecule has 104 valence electrons. The molecule has 2 heterocycles. The van der Waals surface area contributed by atoms with Crippen LogP contribution in [0.25, 0.3) is 5.69 Å². The lowest BCUT2D eigenvalue weighted by atomic mass is 10.1. The molecule has 0 bridgehead atoms. The van der Waals surface area contributed by atoms with E-state index in [2.05, 4.69) is 22.0 Å². The first-order chi connectivity index (χ1) is 9.74. The van der Waals surface area contributed by atoms with Crippen molar-refractivity contribution in [1.29, 1.82) is 0 Å². The van der Waals surface area contributed by atoms with Gasteiger partial charge in [-0.1, -0.05) is 0 Å². The lowest BCUT2D eigenvalue weighted by Gasteiger charge is -2.28. The van der Waals surface area contributed by atoms with Crippen LogP contribution < -0.4 is 10.5 Å². The third-order valence-electron chi connectivity index (χ3n) is 3.67. The Hall–Kier alpha value is -1.88. The first-order valence-corrected chi connectivity index (χ1v) is 7.32. The van der Waals surface area contributed by atoms with Gasteiger partial charge in [-0.2, -0.15) is 0 Å². The Balaban J connectivity index is 1.89. The summed E-state index contributed by atoms with van der Waals surface area (Å²) < 4.78 is 2.22. The highest BCUT2D eigenvalue weighted by molar-refractivity contribution is 7.71. The number of piperidine rings is 1. The van der Waals surface area contributed by atoms with Crippen molar-refractivity contribution < 1.29 is 0 Å². The molecular weight excluding hydrogens is 270 g/mol. The normalized spacial score (nSPS) is 15.3. The van der Waals surface area contributed by atoms with E-state index >= 15 is 0 Å². The Bertz CT molecular complexity index is 696. The predicted molar refractivity (Wildman–Crippen MR) is 83.3 cm³/mol. The molecule has 0 atom stereocenters. The van der Waals surface area contributed by atoms with Crippen LogP contribution in [0.1, 0.15) is 19.3 Å². The second kappa shape index (κ2) is 5.63. The van der Waals surface area contributed by atoms with Crippen molar-refractivity contribution in [1.82, 2.24) is 9.55 Å². The summed E-state index contributed by atoms with van der Waals surface area (Å²) in [5.41, 5.74) is 2.05. The molecule has 4 nitrogen and oxygen atoms in total. The number of nitrogens with zero attached hydrogens (tertiary/aromatic N) is 2. The number of rotatable bonds is 2. The van der Waals surface area contributed by atoms with Crippen LogP contribution in [-0.4, -0.2) is 22.6 Å². The first-order valence-electron chi connectivity index (χ1n) is 6.91.